The van der Waals surface area contributed by atoms with Gasteiger partial charge in [0.1, 0.15) is 12.1 Å². The van der Waals surface area contributed by atoms with E-state index in [1.807, 2.05) is 38.1 Å². The highest BCUT2D eigenvalue weighted by Crippen LogP contribution is 2.41. The van der Waals surface area contributed by atoms with Crippen LogP contribution in [0.5, 0.6) is 0 Å². The maximum atomic E-state index is 13.1. The minimum absolute atomic E-state index is 0.0715. The van der Waals surface area contributed by atoms with Crippen molar-refractivity contribution in [2.24, 2.45) is 5.92 Å². The second kappa shape index (κ2) is 8.45. The summed E-state index contributed by atoms with van der Waals surface area (Å²) < 4.78 is 0. The first-order valence-electron chi connectivity index (χ1n) is 10.7. The average Bonchev–Trinajstić information content (AvgIpc) is 3.22. The number of nitrogens with one attached hydrogen (secondary N) is 3. The molecule has 166 valence electrons. The van der Waals surface area contributed by atoms with Crippen LogP contribution in [0.1, 0.15) is 37.8 Å². The Hall–Kier alpha value is -3.68. The van der Waals surface area contributed by atoms with Crippen molar-refractivity contribution >= 4 is 35.1 Å². The number of hydrogen-bond donors (Lipinski definition) is 3. The van der Waals surface area contributed by atoms with Gasteiger partial charge in [0.15, 0.2) is 0 Å². The van der Waals surface area contributed by atoms with Crippen molar-refractivity contribution in [2.75, 3.05) is 17.2 Å². The van der Waals surface area contributed by atoms with Crippen LogP contribution in [0.2, 0.25) is 0 Å². The molecular weight excluding hydrogens is 408 g/mol. The van der Waals surface area contributed by atoms with Gasteiger partial charge < -0.3 is 16.0 Å². The fourth-order valence-electron chi connectivity index (χ4n) is 4.30. The molecule has 5 amide bonds. The van der Waals surface area contributed by atoms with E-state index < -0.39 is 23.4 Å². The molecule has 8 nitrogen and oxygen atoms in total. The Balaban J connectivity index is 1.38. The van der Waals surface area contributed by atoms with E-state index in [2.05, 4.69) is 16.0 Å². The van der Waals surface area contributed by atoms with Gasteiger partial charge in [0, 0.05) is 17.8 Å². The number of fused-ring (bicyclic) bond motifs is 2. The summed E-state index contributed by atoms with van der Waals surface area (Å²) in [4.78, 5) is 51.1. The third-order valence-corrected chi connectivity index (χ3v) is 5.77. The van der Waals surface area contributed by atoms with E-state index in [1.54, 1.807) is 24.3 Å². The van der Waals surface area contributed by atoms with Gasteiger partial charge in [-0.3, -0.25) is 19.3 Å². The summed E-state index contributed by atoms with van der Waals surface area (Å²) in [7, 11) is 0. The van der Waals surface area contributed by atoms with E-state index >= 15 is 0 Å². The highest BCUT2D eigenvalue weighted by atomic mass is 16.2. The normalized spacial score (nSPS) is 19.3. The molecule has 1 aliphatic heterocycles. The summed E-state index contributed by atoms with van der Waals surface area (Å²) in [6.45, 7) is 3.56. The van der Waals surface area contributed by atoms with Crippen molar-refractivity contribution in [3.63, 3.8) is 0 Å². The van der Waals surface area contributed by atoms with E-state index in [0.29, 0.717) is 30.6 Å². The second-order valence-corrected chi connectivity index (χ2v) is 8.66. The van der Waals surface area contributed by atoms with Crippen molar-refractivity contribution in [3.05, 3.63) is 59.7 Å². The molecule has 1 atom stereocenters. The molecule has 2 aromatic rings. The van der Waals surface area contributed by atoms with Gasteiger partial charge in [0.05, 0.1) is 0 Å². The number of aryl methyl sites for hydroxylation is 1. The van der Waals surface area contributed by atoms with Gasteiger partial charge >= 0.3 is 6.03 Å². The zero-order valence-corrected chi connectivity index (χ0v) is 18.1. The van der Waals surface area contributed by atoms with Crippen LogP contribution in [0.4, 0.5) is 16.2 Å². The Morgan fingerprint density at radius 2 is 1.62 bits per heavy atom. The molecular formula is C24H26N4O4. The number of benzene rings is 2. The van der Waals surface area contributed by atoms with Crippen molar-refractivity contribution in [2.45, 2.75) is 38.6 Å². The van der Waals surface area contributed by atoms with E-state index in [0.717, 1.165) is 16.0 Å². The van der Waals surface area contributed by atoms with Crippen LogP contribution in [0.25, 0.3) is 0 Å². The number of anilines is 2. The van der Waals surface area contributed by atoms with Crippen LogP contribution in [0.15, 0.2) is 48.5 Å². The van der Waals surface area contributed by atoms with Gasteiger partial charge in [0.2, 0.25) is 11.8 Å². The Morgan fingerprint density at radius 3 is 2.28 bits per heavy atom. The lowest BCUT2D eigenvalue weighted by Gasteiger charge is -2.22. The predicted octanol–water partition coefficient (Wildman–Crippen LogP) is 3.00. The summed E-state index contributed by atoms with van der Waals surface area (Å²) in [6.07, 6.45) is 1.61. The average molecular weight is 434 g/mol. The van der Waals surface area contributed by atoms with Gasteiger partial charge in [-0.05, 0) is 54.2 Å². The Bertz CT molecular complexity index is 1080. The first-order valence-corrected chi connectivity index (χ1v) is 10.7. The number of amides is 5. The number of urea groups is 1. The minimum atomic E-state index is -1.08. The molecule has 32 heavy (non-hydrogen) atoms. The fourth-order valence-corrected chi connectivity index (χ4v) is 4.30. The molecule has 2 aliphatic rings. The lowest BCUT2D eigenvalue weighted by atomic mass is 9.92. The summed E-state index contributed by atoms with van der Waals surface area (Å²) in [5.41, 5.74) is 1.89. The second-order valence-electron chi connectivity index (χ2n) is 8.66. The highest BCUT2D eigenvalue weighted by molar-refractivity contribution is 6.11. The molecule has 4 rings (SSSR count). The molecule has 8 heteroatoms. The summed E-state index contributed by atoms with van der Waals surface area (Å²) >= 11 is 0. The monoisotopic (exact) mass is 434 g/mol. The number of nitrogens with zero attached hydrogens (tertiary/aromatic N) is 1. The Labute approximate surface area is 186 Å². The Morgan fingerprint density at radius 1 is 1.00 bits per heavy atom. The molecule has 1 saturated heterocycles. The smallest absolute Gasteiger partial charge is 0.325 e. The van der Waals surface area contributed by atoms with Crippen LogP contribution in [0.3, 0.4) is 0 Å². The van der Waals surface area contributed by atoms with Gasteiger partial charge in [-0.15, -0.1) is 0 Å². The predicted molar refractivity (Wildman–Crippen MR) is 120 cm³/mol. The van der Waals surface area contributed by atoms with Crippen molar-refractivity contribution in [1.82, 2.24) is 10.2 Å². The third kappa shape index (κ3) is 4.08. The number of carbonyl (C=O) groups excluding carboxylic acids is 4. The first kappa shape index (κ1) is 21.5. The number of rotatable bonds is 6. The molecule has 0 saturated carbocycles. The maximum absolute atomic E-state index is 13.1. The van der Waals surface area contributed by atoms with E-state index in [1.165, 1.54) is 0 Å². The van der Waals surface area contributed by atoms with Crippen LogP contribution < -0.4 is 16.0 Å². The lowest BCUT2D eigenvalue weighted by Crippen LogP contribution is -2.42. The summed E-state index contributed by atoms with van der Waals surface area (Å²) in [5.74, 6) is -0.687. The van der Waals surface area contributed by atoms with Gasteiger partial charge in [0.25, 0.3) is 5.91 Å². The van der Waals surface area contributed by atoms with Crippen molar-refractivity contribution in [3.8, 4) is 0 Å². The summed E-state index contributed by atoms with van der Waals surface area (Å²) in [6, 6.07) is 13.7. The highest BCUT2D eigenvalue weighted by Gasteiger charge is 2.55. The van der Waals surface area contributed by atoms with Crippen LogP contribution in [-0.2, 0) is 26.3 Å². The zero-order valence-electron chi connectivity index (χ0n) is 18.1. The minimum Gasteiger partial charge on any atom is -0.326 e. The van der Waals surface area contributed by atoms with E-state index in [9.17, 15) is 19.2 Å². The topological polar surface area (TPSA) is 108 Å². The van der Waals surface area contributed by atoms with Gasteiger partial charge in [-0.1, -0.05) is 38.1 Å². The molecule has 1 fully saturated rings. The third-order valence-electron chi connectivity index (χ3n) is 5.77. The van der Waals surface area contributed by atoms with Gasteiger partial charge in [-0.2, -0.15) is 0 Å². The van der Waals surface area contributed by atoms with E-state index in [-0.39, 0.29) is 18.4 Å². The van der Waals surface area contributed by atoms with Crippen LogP contribution in [0, 0.1) is 5.92 Å². The summed E-state index contributed by atoms with van der Waals surface area (Å²) in [5, 5.41) is 8.31. The largest absolute Gasteiger partial charge is 0.326 e. The first-order chi connectivity index (χ1) is 15.3. The maximum Gasteiger partial charge on any atom is 0.325 e. The molecule has 2 aromatic carbocycles. The molecule has 0 bridgehead atoms. The Kier molecular flexibility index (Phi) is 5.69. The van der Waals surface area contributed by atoms with E-state index in [4.69, 9.17) is 0 Å². The van der Waals surface area contributed by atoms with Crippen LogP contribution >= 0.6 is 0 Å². The standard InChI is InChI=1S/C24H26N4O4/c1-15(2)13-20(29)25-17-7-9-18(10-8-17)26-21(30)14-28-22(31)24(27-23(28)32)12-11-16-5-3-4-6-19(16)24/h3-10,15H,11-14H2,1-2H3,(H,25,29)(H,26,30)(H,27,32)/t24-/m1/s1. The van der Waals surface area contributed by atoms with Crippen LogP contribution in [-0.4, -0.2) is 35.2 Å². The number of imide groups is 1. The number of carbonyl (C=O) groups is 4. The van der Waals surface area contributed by atoms with Gasteiger partial charge in [-0.25, -0.2) is 4.79 Å². The number of hydrogen-bond acceptors (Lipinski definition) is 4. The molecule has 1 heterocycles. The molecule has 0 aromatic heterocycles. The SMILES string of the molecule is CC(C)CC(=O)Nc1ccc(NC(=O)CN2C(=O)N[C@@]3(CCc4ccccc43)C2=O)cc1. The fraction of sp³-hybridized carbons (Fsp3) is 0.333. The molecule has 3 N–H and O–H groups in total. The molecule has 1 spiro atoms. The zero-order chi connectivity index (χ0) is 22.9. The lowest BCUT2D eigenvalue weighted by molar-refractivity contribution is -0.134. The molecule has 0 unspecified atom stereocenters. The van der Waals surface area contributed by atoms with Crippen molar-refractivity contribution in [1.29, 1.82) is 0 Å². The molecule has 1 aliphatic carbocycles. The van der Waals surface area contributed by atoms with Crippen molar-refractivity contribution < 1.29 is 19.2 Å². The quantitative estimate of drug-likeness (QED) is 0.608. The molecule has 0 radical (unpaired) electrons.